The zero-order valence-electron chi connectivity index (χ0n) is 17.1. The third-order valence-electron chi connectivity index (χ3n) is 5.39. The molecule has 5 nitrogen and oxygen atoms in total. The lowest BCUT2D eigenvalue weighted by Crippen LogP contribution is -2.34. The van der Waals surface area contributed by atoms with Crippen molar-refractivity contribution in [3.63, 3.8) is 0 Å². The molecule has 0 unspecified atom stereocenters. The van der Waals surface area contributed by atoms with E-state index in [9.17, 15) is 26.7 Å². The molecule has 1 aliphatic heterocycles. The average Bonchev–Trinajstić information content (AvgIpc) is 3.07. The summed E-state index contributed by atoms with van der Waals surface area (Å²) in [5, 5.41) is 4.53. The van der Waals surface area contributed by atoms with Crippen LogP contribution in [0.5, 0.6) is 0 Å². The molecule has 0 fully saturated rings. The Labute approximate surface area is 180 Å². The maximum absolute atomic E-state index is 14.2. The van der Waals surface area contributed by atoms with Gasteiger partial charge in [-0.2, -0.15) is 18.3 Å². The van der Waals surface area contributed by atoms with E-state index >= 15 is 0 Å². The smallest absolute Gasteiger partial charge is 0.338 e. The molecular formula is C22H19F5N4O. The van der Waals surface area contributed by atoms with Gasteiger partial charge in [0.2, 0.25) is 5.91 Å². The summed E-state index contributed by atoms with van der Waals surface area (Å²) in [4.78, 5) is 17.7. The van der Waals surface area contributed by atoms with Crippen LogP contribution in [0.4, 0.5) is 22.0 Å². The minimum atomic E-state index is -4.37. The molecule has 3 aromatic rings. The number of hydrogen-bond donors (Lipinski definition) is 0. The zero-order chi connectivity index (χ0) is 23.0. The summed E-state index contributed by atoms with van der Waals surface area (Å²) >= 11 is 0. The van der Waals surface area contributed by atoms with Gasteiger partial charge in [0.05, 0.1) is 18.7 Å². The Bertz CT molecular complexity index is 1170. The standard InChI is InChI=1S/C22H19F5N4O/c1-13(32)30-7-5-20-17(12-30)21(19-8-14(4-6-28-19)10-22(25,26)27)29-31(20)11-15-2-3-16(23)9-18(15)24/h2-4,6,8-9H,5,7,10-12H2,1H3. The monoisotopic (exact) mass is 450 g/mol. The molecule has 0 spiro atoms. The Balaban J connectivity index is 1.77. The van der Waals surface area contributed by atoms with E-state index in [-0.39, 0.29) is 35.8 Å². The summed E-state index contributed by atoms with van der Waals surface area (Å²) in [5.41, 5.74) is 2.24. The number of halogens is 5. The van der Waals surface area contributed by atoms with E-state index in [0.29, 0.717) is 24.2 Å². The highest BCUT2D eigenvalue weighted by Gasteiger charge is 2.30. The predicted molar refractivity (Wildman–Crippen MR) is 105 cm³/mol. The van der Waals surface area contributed by atoms with Crippen LogP contribution >= 0.6 is 0 Å². The molecule has 2 aromatic heterocycles. The van der Waals surface area contributed by atoms with Crippen molar-refractivity contribution in [2.24, 2.45) is 0 Å². The van der Waals surface area contributed by atoms with Crippen molar-refractivity contribution < 1.29 is 26.7 Å². The molecule has 0 radical (unpaired) electrons. The van der Waals surface area contributed by atoms with Crippen molar-refractivity contribution in [3.8, 4) is 11.4 Å². The van der Waals surface area contributed by atoms with Gasteiger partial charge in [0.25, 0.3) is 0 Å². The molecule has 3 heterocycles. The van der Waals surface area contributed by atoms with Crippen molar-refractivity contribution in [3.05, 3.63) is 70.5 Å². The van der Waals surface area contributed by atoms with Gasteiger partial charge in [-0.3, -0.25) is 14.5 Å². The van der Waals surface area contributed by atoms with Crippen molar-refractivity contribution in [2.45, 2.75) is 39.0 Å². The summed E-state index contributed by atoms with van der Waals surface area (Å²) < 4.78 is 67.6. The fourth-order valence-corrected chi connectivity index (χ4v) is 3.85. The number of nitrogens with zero attached hydrogens (tertiary/aromatic N) is 4. The highest BCUT2D eigenvalue weighted by Crippen LogP contribution is 2.31. The number of rotatable bonds is 4. The van der Waals surface area contributed by atoms with Gasteiger partial charge >= 0.3 is 6.18 Å². The molecule has 1 amide bonds. The third kappa shape index (κ3) is 4.63. The van der Waals surface area contributed by atoms with Crippen LogP contribution in [0.3, 0.4) is 0 Å². The highest BCUT2D eigenvalue weighted by atomic mass is 19.4. The van der Waals surface area contributed by atoms with E-state index in [2.05, 4.69) is 10.1 Å². The first-order valence-electron chi connectivity index (χ1n) is 9.91. The Hall–Kier alpha value is -3.30. The molecule has 0 saturated carbocycles. The first-order valence-corrected chi connectivity index (χ1v) is 9.91. The van der Waals surface area contributed by atoms with Gasteiger partial charge in [-0.25, -0.2) is 8.78 Å². The molecule has 0 N–H and O–H groups in total. The SMILES string of the molecule is CC(=O)N1CCc2c(c(-c3cc(CC(F)(F)F)ccn3)nn2Cc2ccc(F)cc2F)C1. The molecule has 4 rings (SSSR count). The molecule has 0 bridgehead atoms. The van der Waals surface area contributed by atoms with E-state index in [1.54, 1.807) is 9.58 Å². The van der Waals surface area contributed by atoms with E-state index in [0.717, 1.165) is 17.8 Å². The molecule has 0 aliphatic carbocycles. The molecular weight excluding hydrogens is 431 g/mol. The first-order chi connectivity index (χ1) is 15.1. The van der Waals surface area contributed by atoms with E-state index in [1.807, 2.05) is 0 Å². The maximum Gasteiger partial charge on any atom is 0.393 e. The number of hydrogen-bond acceptors (Lipinski definition) is 3. The second kappa shape index (κ2) is 8.33. The van der Waals surface area contributed by atoms with Gasteiger partial charge in [0.15, 0.2) is 0 Å². The number of alkyl halides is 3. The second-order valence-electron chi connectivity index (χ2n) is 7.70. The number of amides is 1. The van der Waals surface area contributed by atoms with Gasteiger partial charge in [-0.05, 0) is 23.8 Å². The summed E-state index contributed by atoms with van der Waals surface area (Å²) in [7, 11) is 0. The van der Waals surface area contributed by atoms with Crippen LogP contribution in [-0.4, -0.2) is 38.3 Å². The van der Waals surface area contributed by atoms with E-state index < -0.39 is 24.2 Å². The predicted octanol–water partition coefficient (Wildman–Crippen LogP) is 4.28. The number of carbonyl (C=O) groups is 1. The maximum atomic E-state index is 14.2. The fraction of sp³-hybridized carbons (Fsp3) is 0.318. The largest absolute Gasteiger partial charge is 0.393 e. The first kappa shape index (κ1) is 21.9. The van der Waals surface area contributed by atoms with Gasteiger partial charge in [-0.15, -0.1) is 0 Å². The van der Waals surface area contributed by atoms with E-state index in [4.69, 9.17) is 0 Å². The molecule has 1 aliphatic rings. The molecule has 10 heteroatoms. The van der Waals surface area contributed by atoms with Gasteiger partial charge in [0.1, 0.15) is 17.3 Å². The molecule has 168 valence electrons. The van der Waals surface area contributed by atoms with Gasteiger partial charge in [0, 0.05) is 55.5 Å². The Morgan fingerprint density at radius 3 is 2.62 bits per heavy atom. The number of fused-ring (bicyclic) bond motifs is 1. The fourth-order valence-electron chi connectivity index (χ4n) is 3.85. The molecule has 32 heavy (non-hydrogen) atoms. The number of pyridine rings is 1. The van der Waals surface area contributed by atoms with Crippen LogP contribution in [-0.2, 0) is 30.7 Å². The third-order valence-corrected chi connectivity index (χ3v) is 5.39. The number of benzene rings is 1. The van der Waals surface area contributed by atoms with Crippen molar-refractivity contribution in [2.75, 3.05) is 6.54 Å². The van der Waals surface area contributed by atoms with Crippen LogP contribution in [0, 0.1) is 11.6 Å². The molecule has 0 atom stereocenters. The van der Waals surface area contributed by atoms with Gasteiger partial charge < -0.3 is 4.90 Å². The number of aromatic nitrogens is 3. The topological polar surface area (TPSA) is 51.0 Å². The van der Waals surface area contributed by atoms with Crippen LogP contribution in [0.15, 0.2) is 36.5 Å². The Kier molecular flexibility index (Phi) is 5.70. The van der Waals surface area contributed by atoms with Crippen molar-refractivity contribution in [1.29, 1.82) is 0 Å². The van der Waals surface area contributed by atoms with Crippen molar-refractivity contribution >= 4 is 5.91 Å². The second-order valence-corrected chi connectivity index (χ2v) is 7.70. The lowest BCUT2D eigenvalue weighted by Gasteiger charge is -2.26. The normalized spacial score (nSPS) is 13.9. The van der Waals surface area contributed by atoms with Crippen LogP contribution in [0.25, 0.3) is 11.4 Å². The van der Waals surface area contributed by atoms with Crippen LogP contribution in [0.2, 0.25) is 0 Å². The summed E-state index contributed by atoms with van der Waals surface area (Å²) in [6, 6.07) is 5.87. The lowest BCUT2D eigenvalue weighted by molar-refractivity contribution is -0.130. The molecule has 0 saturated heterocycles. The average molecular weight is 450 g/mol. The Morgan fingerprint density at radius 1 is 1.16 bits per heavy atom. The van der Waals surface area contributed by atoms with Crippen LogP contribution in [0.1, 0.15) is 29.3 Å². The quantitative estimate of drug-likeness (QED) is 0.558. The van der Waals surface area contributed by atoms with E-state index in [1.165, 1.54) is 31.3 Å². The lowest BCUT2D eigenvalue weighted by atomic mass is 10.0. The minimum absolute atomic E-state index is 0.0107. The summed E-state index contributed by atoms with van der Waals surface area (Å²) in [6.45, 7) is 2.10. The molecule has 1 aromatic carbocycles. The highest BCUT2D eigenvalue weighted by molar-refractivity contribution is 5.74. The van der Waals surface area contributed by atoms with Crippen LogP contribution < -0.4 is 0 Å². The summed E-state index contributed by atoms with van der Waals surface area (Å²) in [5.74, 6) is -1.56. The Morgan fingerprint density at radius 2 is 1.94 bits per heavy atom. The summed E-state index contributed by atoms with van der Waals surface area (Å²) in [6.07, 6.45) is -3.76. The van der Waals surface area contributed by atoms with Crippen molar-refractivity contribution in [1.82, 2.24) is 19.7 Å². The minimum Gasteiger partial charge on any atom is -0.338 e. The zero-order valence-corrected chi connectivity index (χ0v) is 17.1. The number of carbonyl (C=O) groups excluding carboxylic acids is 1. The van der Waals surface area contributed by atoms with Gasteiger partial charge in [-0.1, -0.05) is 6.07 Å².